The molecule has 0 radical (unpaired) electrons. The molecule has 0 aliphatic heterocycles. The van der Waals surface area contributed by atoms with Gasteiger partial charge in [-0.1, -0.05) is 52.5 Å². The molecule has 0 fully saturated rings. The quantitative estimate of drug-likeness (QED) is 0.331. The molecule has 0 N–H and O–H groups in total. The number of hydrogen-bond donors (Lipinski definition) is 0. The molecule has 0 saturated heterocycles. The van der Waals surface area contributed by atoms with Crippen LogP contribution < -0.4 is 0 Å². The van der Waals surface area contributed by atoms with Gasteiger partial charge >= 0.3 is 5.97 Å². The summed E-state index contributed by atoms with van der Waals surface area (Å²) in [6.45, 7) is 3.68. The number of hydrogen-bond acceptors (Lipinski definition) is 2. The molecule has 0 heterocycles. The number of ether oxygens (including phenoxy) is 1. The first kappa shape index (κ1) is 11.9. The lowest BCUT2D eigenvalue weighted by atomic mass is 10.6. The molecule has 0 aromatic carbocycles. The molecule has 2 nitrogen and oxygen atoms in total. The lowest BCUT2D eigenvalue weighted by Gasteiger charge is -2.07. The van der Waals surface area contributed by atoms with Gasteiger partial charge in [0.2, 0.25) is 0 Å². The summed E-state index contributed by atoms with van der Waals surface area (Å²) in [6.07, 6.45) is 1.15. The Kier molecular flexibility index (Phi) is 5.94. The van der Waals surface area contributed by atoms with Crippen molar-refractivity contribution in [2.45, 2.75) is 6.04 Å². The standard InChI is InChI=1S/C5H7Br3O2Si/c1-2-5(9)10-3-4-11(6,7)8/h2H,1,3-4H2. The van der Waals surface area contributed by atoms with Crippen molar-refractivity contribution in [1.82, 2.24) is 0 Å². The van der Waals surface area contributed by atoms with Crippen LogP contribution in [0.2, 0.25) is 6.04 Å². The minimum atomic E-state index is -1.61. The van der Waals surface area contributed by atoms with E-state index in [4.69, 9.17) is 4.74 Å². The maximum Gasteiger partial charge on any atom is 0.330 e. The molecule has 6 heteroatoms. The SMILES string of the molecule is C=CC(=O)OCC[Si](Br)(Br)Br. The molecular formula is C5H7Br3O2Si. The van der Waals surface area contributed by atoms with Gasteiger partial charge < -0.3 is 4.74 Å². The van der Waals surface area contributed by atoms with Crippen LogP contribution in [0.25, 0.3) is 0 Å². The Bertz CT molecular complexity index is 154. The molecule has 0 bridgehead atoms. The van der Waals surface area contributed by atoms with E-state index < -0.39 is 3.93 Å². The minimum Gasteiger partial charge on any atom is -0.463 e. The summed E-state index contributed by atoms with van der Waals surface area (Å²) in [6, 6.07) is 0.770. The molecule has 0 spiro atoms. The van der Waals surface area contributed by atoms with Crippen LogP contribution in [0, 0.1) is 0 Å². The second-order valence-electron chi connectivity index (χ2n) is 1.74. The van der Waals surface area contributed by atoms with Gasteiger partial charge in [0.05, 0.1) is 6.61 Å². The van der Waals surface area contributed by atoms with Gasteiger partial charge in [0.25, 0.3) is 3.93 Å². The van der Waals surface area contributed by atoms with Crippen LogP contribution in [0.3, 0.4) is 0 Å². The summed E-state index contributed by atoms with van der Waals surface area (Å²) in [4.78, 5) is 10.5. The summed E-state index contributed by atoms with van der Waals surface area (Å²) in [5, 5.41) is 0. The van der Waals surface area contributed by atoms with Crippen LogP contribution in [-0.4, -0.2) is 16.5 Å². The highest BCUT2D eigenvalue weighted by molar-refractivity contribution is 9.72. The van der Waals surface area contributed by atoms with Crippen LogP contribution in [0.4, 0.5) is 0 Å². The first-order valence-electron chi connectivity index (χ1n) is 2.81. The van der Waals surface area contributed by atoms with Crippen molar-refractivity contribution < 1.29 is 9.53 Å². The average molecular weight is 367 g/mol. The van der Waals surface area contributed by atoms with Crippen molar-refractivity contribution in [3.05, 3.63) is 12.7 Å². The highest BCUT2D eigenvalue weighted by Crippen LogP contribution is 2.31. The fourth-order valence-corrected chi connectivity index (χ4v) is 2.12. The molecule has 0 aromatic heterocycles. The van der Waals surface area contributed by atoms with Gasteiger partial charge in [-0.3, -0.25) is 0 Å². The predicted octanol–water partition coefficient (Wildman–Crippen LogP) is 2.84. The third-order valence-electron chi connectivity index (χ3n) is 0.797. The van der Waals surface area contributed by atoms with E-state index in [2.05, 4.69) is 52.5 Å². The number of esters is 1. The van der Waals surface area contributed by atoms with Gasteiger partial charge in [-0.05, 0) is 0 Å². The van der Waals surface area contributed by atoms with E-state index in [1.54, 1.807) is 0 Å². The fourth-order valence-electron chi connectivity index (χ4n) is 0.326. The Morgan fingerprint density at radius 1 is 1.55 bits per heavy atom. The smallest absolute Gasteiger partial charge is 0.330 e. The minimum absolute atomic E-state index is 0.379. The molecule has 11 heavy (non-hydrogen) atoms. The summed E-state index contributed by atoms with van der Waals surface area (Å²) >= 11 is 10.2. The molecule has 0 aliphatic carbocycles. The van der Waals surface area contributed by atoms with Crippen LogP contribution >= 0.6 is 45.9 Å². The Morgan fingerprint density at radius 3 is 2.45 bits per heavy atom. The molecular weight excluding hydrogens is 360 g/mol. The molecule has 0 saturated carbocycles. The third-order valence-corrected chi connectivity index (χ3v) is 5.14. The van der Waals surface area contributed by atoms with E-state index in [0.29, 0.717) is 6.61 Å². The van der Waals surface area contributed by atoms with Crippen molar-refractivity contribution in [3.8, 4) is 0 Å². The zero-order chi connectivity index (χ0) is 8.91. The number of halogens is 3. The average Bonchev–Trinajstić information content (AvgIpc) is 1.85. The van der Waals surface area contributed by atoms with Gasteiger partial charge in [-0.15, -0.1) is 0 Å². The zero-order valence-corrected chi connectivity index (χ0v) is 11.4. The first-order valence-corrected chi connectivity index (χ1v) is 11.8. The second kappa shape index (κ2) is 5.50. The van der Waals surface area contributed by atoms with Crippen LogP contribution in [0.15, 0.2) is 12.7 Å². The summed E-state index contributed by atoms with van der Waals surface area (Å²) in [5.41, 5.74) is 0. The topological polar surface area (TPSA) is 26.3 Å². The number of rotatable bonds is 4. The number of carbonyl (C=O) groups excluding carboxylic acids is 1. The Morgan fingerprint density at radius 2 is 2.09 bits per heavy atom. The Balaban J connectivity index is 3.42. The van der Waals surface area contributed by atoms with Gasteiger partial charge in [0.1, 0.15) is 0 Å². The summed E-state index contributed by atoms with van der Waals surface area (Å²) < 4.78 is 3.14. The summed E-state index contributed by atoms with van der Waals surface area (Å²) in [7, 11) is 0. The van der Waals surface area contributed by atoms with E-state index in [9.17, 15) is 4.79 Å². The predicted molar refractivity (Wildman–Crippen MR) is 58.5 cm³/mol. The van der Waals surface area contributed by atoms with Crippen LogP contribution in [0.5, 0.6) is 0 Å². The highest BCUT2D eigenvalue weighted by atomic mass is 80.0. The normalized spacial score (nSPS) is 10.8. The lowest BCUT2D eigenvalue weighted by Crippen LogP contribution is -2.12. The second-order valence-corrected chi connectivity index (χ2v) is 25.2. The van der Waals surface area contributed by atoms with Crippen molar-refractivity contribution in [2.24, 2.45) is 0 Å². The van der Waals surface area contributed by atoms with Crippen molar-refractivity contribution in [1.29, 1.82) is 0 Å². The summed E-state index contributed by atoms with van der Waals surface area (Å²) in [5.74, 6) is -0.379. The first-order chi connectivity index (χ1) is 4.95. The van der Waals surface area contributed by atoms with Crippen molar-refractivity contribution >= 4 is 55.8 Å². The maximum atomic E-state index is 10.5. The van der Waals surface area contributed by atoms with Crippen molar-refractivity contribution in [2.75, 3.05) is 6.61 Å². The molecule has 0 atom stereocenters. The lowest BCUT2D eigenvalue weighted by molar-refractivity contribution is -0.137. The monoisotopic (exact) mass is 364 g/mol. The van der Waals surface area contributed by atoms with E-state index in [1.807, 2.05) is 0 Å². The van der Waals surface area contributed by atoms with Gasteiger partial charge in [0, 0.05) is 12.1 Å². The van der Waals surface area contributed by atoms with E-state index in [1.165, 1.54) is 0 Å². The van der Waals surface area contributed by atoms with Gasteiger partial charge in [-0.2, -0.15) is 0 Å². The Labute approximate surface area is 90.1 Å². The highest BCUT2D eigenvalue weighted by Gasteiger charge is 2.21. The van der Waals surface area contributed by atoms with Crippen molar-refractivity contribution in [3.63, 3.8) is 0 Å². The van der Waals surface area contributed by atoms with Gasteiger partial charge in [-0.25, -0.2) is 4.79 Å². The molecule has 0 amide bonds. The van der Waals surface area contributed by atoms with Crippen LogP contribution in [0.1, 0.15) is 0 Å². The number of carbonyl (C=O) groups is 1. The molecule has 0 unspecified atom stereocenters. The van der Waals surface area contributed by atoms with E-state index >= 15 is 0 Å². The fraction of sp³-hybridized carbons (Fsp3) is 0.400. The van der Waals surface area contributed by atoms with E-state index in [-0.39, 0.29) is 5.97 Å². The zero-order valence-electron chi connectivity index (χ0n) is 5.65. The Hall–Kier alpha value is 0.867. The van der Waals surface area contributed by atoms with E-state index in [0.717, 1.165) is 12.1 Å². The molecule has 0 rings (SSSR count). The molecule has 0 aromatic rings. The maximum absolute atomic E-state index is 10.5. The largest absolute Gasteiger partial charge is 0.463 e. The molecule has 64 valence electrons. The van der Waals surface area contributed by atoms with Gasteiger partial charge in [0.15, 0.2) is 0 Å². The van der Waals surface area contributed by atoms with Crippen LogP contribution in [-0.2, 0) is 9.53 Å². The third kappa shape index (κ3) is 8.78. The molecule has 0 aliphatic rings.